The van der Waals surface area contributed by atoms with Gasteiger partial charge in [0.15, 0.2) is 11.7 Å². The minimum absolute atomic E-state index is 0.00114. The van der Waals surface area contributed by atoms with Gasteiger partial charge in [0.2, 0.25) is 5.89 Å². The van der Waals surface area contributed by atoms with E-state index in [4.69, 9.17) is 20.2 Å². The van der Waals surface area contributed by atoms with Crippen LogP contribution in [0.3, 0.4) is 0 Å². The first kappa shape index (κ1) is 14.8. The van der Waals surface area contributed by atoms with Crippen molar-refractivity contribution in [3.63, 3.8) is 0 Å². The SMILES string of the molecule is COc1ccc(CNCc2nc(C)no2)cc1C(N)=NO. The molecular formula is C13H17N5O3. The lowest BCUT2D eigenvalue weighted by molar-refractivity contribution is 0.318. The van der Waals surface area contributed by atoms with Gasteiger partial charge in [-0.15, -0.1) is 0 Å². The number of ether oxygens (including phenoxy) is 1. The number of methoxy groups -OCH3 is 1. The van der Waals surface area contributed by atoms with Gasteiger partial charge in [0.25, 0.3) is 0 Å². The van der Waals surface area contributed by atoms with Crippen LogP contribution in [0.1, 0.15) is 22.8 Å². The molecule has 0 saturated heterocycles. The summed E-state index contributed by atoms with van der Waals surface area (Å²) in [5.74, 6) is 1.67. The van der Waals surface area contributed by atoms with E-state index in [9.17, 15) is 0 Å². The zero-order valence-corrected chi connectivity index (χ0v) is 11.8. The molecule has 0 fully saturated rings. The first-order chi connectivity index (χ1) is 10.1. The summed E-state index contributed by atoms with van der Waals surface area (Å²) in [6.07, 6.45) is 0. The van der Waals surface area contributed by atoms with Crippen molar-refractivity contribution in [3.8, 4) is 5.75 Å². The highest BCUT2D eigenvalue weighted by molar-refractivity contribution is 5.99. The van der Waals surface area contributed by atoms with Crippen molar-refractivity contribution >= 4 is 5.84 Å². The molecule has 21 heavy (non-hydrogen) atoms. The molecular weight excluding hydrogens is 274 g/mol. The lowest BCUT2D eigenvalue weighted by atomic mass is 10.1. The number of nitrogens with one attached hydrogen (secondary N) is 1. The van der Waals surface area contributed by atoms with Gasteiger partial charge in [-0.25, -0.2) is 0 Å². The average molecular weight is 291 g/mol. The summed E-state index contributed by atoms with van der Waals surface area (Å²) in [6.45, 7) is 2.79. The lowest BCUT2D eigenvalue weighted by Gasteiger charge is -2.10. The fourth-order valence-corrected chi connectivity index (χ4v) is 1.84. The van der Waals surface area contributed by atoms with E-state index in [-0.39, 0.29) is 5.84 Å². The van der Waals surface area contributed by atoms with Crippen LogP contribution < -0.4 is 15.8 Å². The van der Waals surface area contributed by atoms with Gasteiger partial charge in [0, 0.05) is 6.54 Å². The molecule has 1 aromatic heterocycles. The van der Waals surface area contributed by atoms with Crippen molar-refractivity contribution in [3.05, 3.63) is 41.0 Å². The van der Waals surface area contributed by atoms with Crippen LogP contribution in [0.25, 0.3) is 0 Å². The summed E-state index contributed by atoms with van der Waals surface area (Å²) in [5.41, 5.74) is 7.12. The van der Waals surface area contributed by atoms with E-state index in [0.29, 0.717) is 36.1 Å². The van der Waals surface area contributed by atoms with E-state index in [2.05, 4.69) is 20.6 Å². The third-order valence-corrected chi connectivity index (χ3v) is 2.82. The number of aromatic nitrogens is 2. The number of nitrogens with two attached hydrogens (primary N) is 1. The molecule has 1 aromatic carbocycles. The number of hydrogen-bond donors (Lipinski definition) is 3. The molecule has 2 aromatic rings. The normalized spacial score (nSPS) is 11.6. The Labute approximate surface area is 121 Å². The lowest BCUT2D eigenvalue weighted by Crippen LogP contribution is -2.17. The van der Waals surface area contributed by atoms with Gasteiger partial charge in [-0.1, -0.05) is 16.4 Å². The van der Waals surface area contributed by atoms with Crippen molar-refractivity contribution in [2.45, 2.75) is 20.0 Å². The van der Waals surface area contributed by atoms with Crippen molar-refractivity contribution in [1.29, 1.82) is 0 Å². The van der Waals surface area contributed by atoms with Crippen molar-refractivity contribution in [2.75, 3.05) is 7.11 Å². The Balaban J connectivity index is 2.03. The van der Waals surface area contributed by atoms with Crippen LogP contribution in [-0.4, -0.2) is 28.3 Å². The van der Waals surface area contributed by atoms with Gasteiger partial charge in [0.1, 0.15) is 5.75 Å². The number of rotatable bonds is 6. The summed E-state index contributed by atoms with van der Waals surface area (Å²) >= 11 is 0. The van der Waals surface area contributed by atoms with E-state index >= 15 is 0 Å². The summed E-state index contributed by atoms with van der Waals surface area (Å²) < 4.78 is 10.2. The molecule has 2 rings (SSSR count). The molecule has 0 aliphatic rings. The monoisotopic (exact) mass is 291 g/mol. The second-order valence-corrected chi connectivity index (χ2v) is 4.36. The molecule has 8 heteroatoms. The second kappa shape index (κ2) is 6.71. The standard InChI is InChI=1S/C13H17N5O3/c1-8-16-12(21-18-8)7-15-6-9-3-4-11(20-2)10(5-9)13(14)17-19/h3-5,15,19H,6-7H2,1-2H3,(H2,14,17). The Morgan fingerprint density at radius 1 is 1.48 bits per heavy atom. The number of oxime groups is 1. The van der Waals surface area contributed by atoms with Gasteiger partial charge in [-0.2, -0.15) is 4.98 Å². The van der Waals surface area contributed by atoms with Crippen LogP contribution in [0, 0.1) is 6.92 Å². The minimum atomic E-state index is 0.00114. The molecule has 0 radical (unpaired) electrons. The van der Waals surface area contributed by atoms with Crippen LogP contribution in [0.4, 0.5) is 0 Å². The third-order valence-electron chi connectivity index (χ3n) is 2.82. The maximum absolute atomic E-state index is 8.79. The fourth-order valence-electron chi connectivity index (χ4n) is 1.84. The van der Waals surface area contributed by atoms with Gasteiger partial charge in [0.05, 0.1) is 19.2 Å². The van der Waals surface area contributed by atoms with Gasteiger partial charge < -0.3 is 25.5 Å². The average Bonchev–Trinajstić information content (AvgIpc) is 2.91. The van der Waals surface area contributed by atoms with Crippen LogP contribution >= 0.6 is 0 Å². The quantitative estimate of drug-likeness (QED) is 0.311. The van der Waals surface area contributed by atoms with Crippen molar-refractivity contribution < 1.29 is 14.5 Å². The first-order valence-corrected chi connectivity index (χ1v) is 6.28. The molecule has 4 N–H and O–H groups in total. The molecule has 0 amide bonds. The number of nitrogens with zero attached hydrogens (tertiary/aromatic N) is 3. The van der Waals surface area contributed by atoms with Crippen LogP contribution in [0.15, 0.2) is 27.9 Å². The Bertz CT molecular complexity index is 638. The molecule has 0 aliphatic heterocycles. The molecule has 112 valence electrons. The predicted molar refractivity (Wildman–Crippen MR) is 75.1 cm³/mol. The van der Waals surface area contributed by atoms with Gasteiger partial charge in [-0.3, -0.25) is 0 Å². The molecule has 0 aliphatic carbocycles. The topological polar surface area (TPSA) is 119 Å². The zero-order valence-electron chi connectivity index (χ0n) is 11.8. The number of benzene rings is 1. The first-order valence-electron chi connectivity index (χ1n) is 6.28. The molecule has 8 nitrogen and oxygen atoms in total. The smallest absolute Gasteiger partial charge is 0.240 e. The predicted octanol–water partition coefficient (Wildman–Crippen LogP) is 0.771. The maximum Gasteiger partial charge on any atom is 0.240 e. The summed E-state index contributed by atoms with van der Waals surface area (Å²) in [7, 11) is 1.53. The second-order valence-electron chi connectivity index (χ2n) is 4.36. The van der Waals surface area contributed by atoms with Crippen LogP contribution in [0.5, 0.6) is 5.75 Å². The highest BCUT2D eigenvalue weighted by Gasteiger charge is 2.09. The van der Waals surface area contributed by atoms with E-state index in [1.54, 1.807) is 19.1 Å². The summed E-state index contributed by atoms with van der Waals surface area (Å²) in [5, 5.41) is 18.7. The molecule has 0 spiro atoms. The third kappa shape index (κ3) is 3.69. The molecule has 0 bridgehead atoms. The maximum atomic E-state index is 8.79. The van der Waals surface area contributed by atoms with Crippen molar-refractivity contribution in [2.24, 2.45) is 10.9 Å². The van der Waals surface area contributed by atoms with Gasteiger partial charge in [-0.05, 0) is 24.6 Å². The van der Waals surface area contributed by atoms with Crippen molar-refractivity contribution in [1.82, 2.24) is 15.5 Å². The zero-order chi connectivity index (χ0) is 15.2. The summed E-state index contributed by atoms with van der Waals surface area (Å²) in [6, 6.07) is 5.44. The highest BCUT2D eigenvalue weighted by atomic mass is 16.5. The van der Waals surface area contributed by atoms with Crippen LogP contribution in [0.2, 0.25) is 0 Å². The molecule has 0 unspecified atom stereocenters. The van der Waals surface area contributed by atoms with E-state index < -0.39 is 0 Å². The van der Waals surface area contributed by atoms with Crippen LogP contribution in [-0.2, 0) is 13.1 Å². The van der Waals surface area contributed by atoms with Gasteiger partial charge >= 0.3 is 0 Å². The number of aryl methyl sites for hydroxylation is 1. The Morgan fingerprint density at radius 2 is 2.29 bits per heavy atom. The molecule has 0 saturated carbocycles. The number of amidine groups is 1. The Morgan fingerprint density at radius 3 is 2.90 bits per heavy atom. The Kier molecular flexibility index (Phi) is 4.72. The highest BCUT2D eigenvalue weighted by Crippen LogP contribution is 2.19. The fraction of sp³-hybridized carbons (Fsp3) is 0.308. The van der Waals surface area contributed by atoms with E-state index in [1.165, 1.54) is 7.11 Å². The molecule has 1 heterocycles. The van der Waals surface area contributed by atoms with E-state index in [0.717, 1.165) is 5.56 Å². The Hall–Kier alpha value is -2.61. The largest absolute Gasteiger partial charge is 0.496 e. The summed E-state index contributed by atoms with van der Waals surface area (Å²) in [4.78, 5) is 4.10. The minimum Gasteiger partial charge on any atom is -0.496 e. The van der Waals surface area contributed by atoms with E-state index in [1.807, 2.05) is 6.07 Å². The number of hydrogen-bond acceptors (Lipinski definition) is 7. The molecule has 0 atom stereocenters.